The number of nitro benzene ring substituents is 2. The van der Waals surface area contributed by atoms with Crippen LogP contribution in [0.3, 0.4) is 0 Å². The molecule has 1 heterocycles. The summed E-state index contributed by atoms with van der Waals surface area (Å²) in [6.45, 7) is 0. The molecule has 1 aliphatic heterocycles. The fraction of sp³-hybridized carbons (Fsp3) is 0.333. The van der Waals surface area contributed by atoms with Crippen molar-refractivity contribution in [2.45, 2.75) is 24.9 Å². The summed E-state index contributed by atoms with van der Waals surface area (Å²) in [5.41, 5.74) is 1.40. The van der Waals surface area contributed by atoms with Crippen LogP contribution >= 0.6 is 0 Å². The molecule has 0 bridgehead atoms. The first kappa shape index (κ1) is 18.6. The van der Waals surface area contributed by atoms with Gasteiger partial charge in [-0.1, -0.05) is 12.1 Å². The van der Waals surface area contributed by atoms with Crippen LogP contribution in [0.2, 0.25) is 0 Å². The molecule has 2 unspecified atom stereocenters. The Balaban J connectivity index is 1.83. The van der Waals surface area contributed by atoms with Gasteiger partial charge in [0, 0.05) is 24.2 Å². The Hall–Kier alpha value is -3.20. The van der Waals surface area contributed by atoms with E-state index in [2.05, 4.69) is 5.32 Å². The van der Waals surface area contributed by atoms with Crippen molar-refractivity contribution >= 4 is 11.4 Å². The van der Waals surface area contributed by atoms with Crippen LogP contribution in [0.4, 0.5) is 11.4 Å². The summed E-state index contributed by atoms with van der Waals surface area (Å²) < 4.78 is 10.1. The number of nitrogens with one attached hydrogen (secondary N) is 1. The molecule has 1 aliphatic rings. The highest BCUT2D eigenvalue weighted by atomic mass is 16.6. The van der Waals surface area contributed by atoms with E-state index in [1.54, 1.807) is 24.3 Å². The zero-order valence-electron chi connectivity index (χ0n) is 14.9. The number of ether oxygens (including phenoxy) is 2. The number of methoxy groups -OCH3 is 2. The molecule has 9 heteroatoms. The van der Waals surface area contributed by atoms with Gasteiger partial charge in [-0.15, -0.1) is 0 Å². The van der Waals surface area contributed by atoms with Crippen LogP contribution in [0.1, 0.15) is 36.1 Å². The number of hydrogen-bond acceptors (Lipinski definition) is 7. The Labute approximate surface area is 155 Å². The van der Waals surface area contributed by atoms with E-state index in [4.69, 9.17) is 9.47 Å². The zero-order valence-corrected chi connectivity index (χ0v) is 14.9. The van der Waals surface area contributed by atoms with Gasteiger partial charge in [0.05, 0.1) is 24.1 Å². The molecule has 0 radical (unpaired) electrons. The minimum Gasteiger partial charge on any atom is -0.490 e. The quantitative estimate of drug-likeness (QED) is 0.606. The molecule has 0 aromatic heterocycles. The normalized spacial score (nSPS) is 18.9. The largest absolute Gasteiger partial charge is 0.490 e. The standard InChI is InChI=1S/C18H19N3O6/c1-26-17-7-3-11(9-15(17)20(22)23)13-5-6-14(19-13)12-4-8-18(27-2)16(10-12)21(24)25/h3-4,7-10,13-14,19H,5-6H2,1-2H3. The molecule has 9 nitrogen and oxygen atoms in total. The van der Waals surface area contributed by atoms with E-state index in [1.165, 1.54) is 26.4 Å². The molecule has 1 saturated heterocycles. The van der Waals surface area contributed by atoms with Crippen molar-refractivity contribution in [2.75, 3.05) is 14.2 Å². The molecule has 2 aromatic carbocycles. The zero-order chi connectivity index (χ0) is 19.6. The first-order chi connectivity index (χ1) is 12.9. The molecule has 0 amide bonds. The van der Waals surface area contributed by atoms with E-state index in [1.807, 2.05) is 0 Å². The van der Waals surface area contributed by atoms with Crippen molar-refractivity contribution < 1.29 is 19.3 Å². The minimum absolute atomic E-state index is 0.0826. The molecule has 0 aliphatic carbocycles. The Morgan fingerprint density at radius 1 is 0.852 bits per heavy atom. The van der Waals surface area contributed by atoms with Crippen molar-refractivity contribution in [3.63, 3.8) is 0 Å². The fourth-order valence-corrected chi connectivity index (χ4v) is 3.40. The topological polar surface area (TPSA) is 117 Å². The molecule has 142 valence electrons. The molecule has 2 aromatic rings. The molecule has 0 saturated carbocycles. The van der Waals surface area contributed by atoms with Gasteiger partial charge in [-0.2, -0.15) is 0 Å². The summed E-state index contributed by atoms with van der Waals surface area (Å²) in [5, 5.41) is 25.9. The third kappa shape index (κ3) is 3.68. The minimum atomic E-state index is -0.471. The molecule has 1 fully saturated rings. The predicted molar refractivity (Wildman–Crippen MR) is 97.1 cm³/mol. The second-order valence-corrected chi connectivity index (χ2v) is 6.23. The highest BCUT2D eigenvalue weighted by Gasteiger charge is 2.29. The van der Waals surface area contributed by atoms with E-state index >= 15 is 0 Å². The maximum Gasteiger partial charge on any atom is 0.311 e. The molecule has 1 N–H and O–H groups in total. The van der Waals surface area contributed by atoms with Crippen molar-refractivity contribution in [3.8, 4) is 11.5 Å². The van der Waals surface area contributed by atoms with Crippen LogP contribution in [0.15, 0.2) is 36.4 Å². The Kier molecular flexibility index (Phi) is 5.22. The van der Waals surface area contributed by atoms with Gasteiger partial charge in [0.1, 0.15) is 0 Å². The van der Waals surface area contributed by atoms with Gasteiger partial charge in [0.25, 0.3) is 0 Å². The lowest BCUT2D eigenvalue weighted by atomic mass is 10.0. The maximum absolute atomic E-state index is 11.2. The van der Waals surface area contributed by atoms with Gasteiger partial charge in [-0.25, -0.2) is 0 Å². The SMILES string of the molecule is COc1ccc(C2CCC(c3ccc(OC)c([N+](=O)[O-])c3)N2)cc1[N+](=O)[O-]. The molecule has 2 atom stereocenters. The van der Waals surface area contributed by atoms with E-state index in [9.17, 15) is 20.2 Å². The maximum atomic E-state index is 11.2. The number of nitro groups is 2. The molecular formula is C18H19N3O6. The second-order valence-electron chi connectivity index (χ2n) is 6.23. The Morgan fingerprint density at radius 2 is 1.26 bits per heavy atom. The molecular weight excluding hydrogens is 354 g/mol. The highest BCUT2D eigenvalue weighted by Crippen LogP contribution is 2.39. The van der Waals surface area contributed by atoms with Gasteiger partial charge >= 0.3 is 11.4 Å². The number of hydrogen-bond donors (Lipinski definition) is 1. The third-order valence-electron chi connectivity index (χ3n) is 4.75. The second kappa shape index (κ2) is 7.58. The lowest BCUT2D eigenvalue weighted by Gasteiger charge is -2.16. The molecule has 3 rings (SSSR count). The van der Waals surface area contributed by atoms with Crippen LogP contribution in [0.5, 0.6) is 11.5 Å². The van der Waals surface area contributed by atoms with Crippen molar-refractivity contribution in [1.82, 2.24) is 5.32 Å². The van der Waals surface area contributed by atoms with E-state index in [0.717, 1.165) is 24.0 Å². The van der Waals surface area contributed by atoms with E-state index < -0.39 is 9.85 Å². The molecule has 27 heavy (non-hydrogen) atoms. The third-order valence-corrected chi connectivity index (χ3v) is 4.75. The van der Waals surface area contributed by atoms with Crippen molar-refractivity contribution in [3.05, 3.63) is 67.8 Å². The smallest absolute Gasteiger partial charge is 0.311 e. The van der Waals surface area contributed by atoms with Gasteiger partial charge in [0.15, 0.2) is 11.5 Å². The Morgan fingerprint density at radius 3 is 1.59 bits per heavy atom. The average Bonchev–Trinajstić information content (AvgIpc) is 3.17. The van der Waals surface area contributed by atoms with Crippen LogP contribution in [-0.4, -0.2) is 24.1 Å². The lowest BCUT2D eigenvalue weighted by Crippen LogP contribution is -2.18. The monoisotopic (exact) mass is 373 g/mol. The average molecular weight is 373 g/mol. The van der Waals surface area contributed by atoms with Crippen LogP contribution < -0.4 is 14.8 Å². The van der Waals surface area contributed by atoms with Gasteiger partial charge in [-0.05, 0) is 36.1 Å². The van der Waals surface area contributed by atoms with Gasteiger partial charge < -0.3 is 14.8 Å². The number of rotatable bonds is 6. The summed E-state index contributed by atoms with van der Waals surface area (Å²) in [4.78, 5) is 21.5. The predicted octanol–water partition coefficient (Wildman–Crippen LogP) is 3.69. The summed E-state index contributed by atoms with van der Waals surface area (Å²) >= 11 is 0. The number of benzene rings is 2. The fourth-order valence-electron chi connectivity index (χ4n) is 3.40. The van der Waals surface area contributed by atoms with Crippen LogP contribution in [0, 0.1) is 20.2 Å². The first-order valence-electron chi connectivity index (χ1n) is 8.35. The lowest BCUT2D eigenvalue weighted by molar-refractivity contribution is -0.385. The van der Waals surface area contributed by atoms with Crippen molar-refractivity contribution in [1.29, 1.82) is 0 Å². The van der Waals surface area contributed by atoms with Gasteiger partial charge in [-0.3, -0.25) is 20.2 Å². The summed E-state index contributed by atoms with van der Waals surface area (Å²) in [7, 11) is 2.78. The summed E-state index contributed by atoms with van der Waals surface area (Å²) in [6, 6.07) is 9.61. The summed E-state index contributed by atoms with van der Waals surface area (Å²) in [6.07, 6.45) is 1.52. The first-order valence-corrected chi connectivity index (χ1v) is 8.35. The summed E-state index contributed by atoms with van der Waals surface area (Å²) in [5.74, 6) is 0.424. The molecule has 0 spiro atoms. The van der Waals surface area contributed by atoms with E-state index in [-0.39, 0.29) is 35.0 Å². The van der Waals surface area contributed by atoms with Gasteiger partial charge in [0.2, 0.25) is 0 Å². The van der Waals surface area contributed by atoms with Crippen LogP contribution in [-0.2, 0) is 0 Å². The van der Waals surface area contributed by atoms with Crippen molar-refractivity contribution in [2.24, 2.45) is 0 Å². The highest BCUT2D eigenvalue weighted by molar-refractivity contribution is 5.51. The van der Waals surface area contributed by atoms with E-state index in [0.29, 0.717) is 0 Å². The van der Waals surface area contributed by atoms with Crippen LogP contribution in [0.25, 0.3) is 0 Å². The Bertz CT molecular complexity index is 814. The number of nitrogens with zero attached hydrogens (tertiary/aromatic N) is 2.